The Balaban J connectivity index is 1.34. The summed E-state index contributed by atoms with van der Waals surface area (Å²) in [6.45, 7) is 4.37. The van der Waals surface area contributed by atoms with Gasteiger partial charge in [0.15, 0.2) is 0 Å². The highest BCUT2D eigenvalue weighted by Gasteiger charge is 2.19. The number of hydrogen-bond acceptors (Lipinski definition) is 6. The first kappa shape index (κ1) is 20.3. The summed E-state index contributed by atoms with van der Waals surface area (Å²) in [7, 11) is -3.77. The lowest BCUT2D eigenvalue weighted by molar-refractivity contribution is 0.262. The van der Waals surface area contributed by atoms with Crippen molar-refractivity contribution in [2.45, 2.75) is 4.90 Å². The van der Waals surface area contributed by atoms with E-state index in [2.05, 4.69) is 36.6 Å². The van der Waals surface area contributed by atoms with E-state index in [9.17, 15) is 18.0 Å². The zero-order valence-electron chi connectivity index (χ0n) is 16.3. The molecule has 3 N–H and O–H groups in total. The van der Waals surface area contributed by atoms with Crippen LogP contribution in [-0.4, -0.2) is 62.6 Å². The van der Waals surface area contributed by atoms with Crippen LogP contribution in [-0.2, 0) is 10.0 Å². The first-order chi connectivity index (χ1) is 14.4. The summed E-state index contributed by atoms with van der Waals surface area (Å²) in [5.41, 5.74) is 0.236. The van der Waals surface area contributed by atoms with Crippen LogP contribution in [0.15, 0.2) is 63.0 Å². The molecule has 0 spiro atoms. The number of anilines is 1. The maximum atomic E-state index is 12.6. The fourth-order valence-corrected chi connectivity index (χ4v) is 4.65. The average Bonchev–Trinajstić information content (AvgIpc) is 2.74. The molecule has 3 aromatic rings. The molecule has 2 heterocycles. The van der Waals surface area contributed by atoms with Crippen molar-refractivity contribution in [1.29, 1.82) is 0 Å². The monoisotopic (exact) mass is 429 g/mol. The number of aromatic amines is 2. The predicted molar refractivity (Wildman–Crippen MR) is 115 cm³/mol. The SMILES string of the molecule is O=c1[nH]c(=O)c2cc(S(=O)(=O)NCCN3CCN(c4ccccc4)CC3)ccc2[nH]1. The second kappa shape index (κ2) is 8.42. The molecule has 0 radical (unpaired) electrons. The van der Waals surface area contributed by atoms with E-state index in [1.54, 1.807) is 0 Å². The van der Waals surface area contributed by atoms with E-state index in [1.807, 2.05) is 18.2 Å². The van der Waals surface area contributed by atoms with Crippen LogP contribution in [0.5, 0.6) is 0 Å². The Morgan fingerprint density at radius 3 is 2.40 bits per heavy atom. The molecule has 1 saturated heterocycles. The van der Waals surface area contributed by atoms with E-state index in [1.165, 1.54) is 23.9 Å². The van der Waals surface area contributed by atoms with Crippen LogP contribution in [0.25, 0.3) is 10.9 Å². The lowest BCUT2D eigenvalue weighted by Gasteiger charge is -2.36. The Hall–Kier alpha value is -2.95. The van der Waals surface area contributed by atoms with Gasteiger partial charge in [-0.15, -0.1) is 0 Å². The standard InChI is InChI=1S/C20H23N5O4S/c26-19-17-14-16(6-7-18(17)22-20(27)23-19)30(28,29)21-8-9-24-10-12-25(13-11-24)15-4-2-1-3-5-15/h1-7,14,21H,8-13H2,(H2,22,23,26,27). The van der Waals surface area contributed by atoms with Crippen LogP contribution in [0.2, 0.25) is 0 Å². The molecular formula is C20H23N5O4S. The van der Waals surface area contributed by atoms with Gasteiger partial charge < -0.3 is 9.88 Å². The van der Waals surface area contributed by atoms with E-state index < -0.39 is 21.3 Å². The molecule has 158 valence electrons. The van der Waals surface area contributed by atoms with Crippen molar-refractivity contribution >= 4 is 26.6 Å². The van der Waals surface area contributed by atoms with Gasteiger partial charge in [-0.1, -0.05) is 18.2 Å². The molecule has 0 aliphatic carbocycles. The highest BCUT2D eigenvalue weighted by atomic mass is 32.2. The Bertz CT molecular complexity index is 1250. The summed E-state index contributed by atoms with van der Waals surface area (Å²) in [6, 6.07) is 14.3. The minimum atomic E-state index is -3.77. The van der Waals surface area contributed by atoms with E-state index >= 15 is 0 Å². The van der Waals surface area contributed by atoms with Crippen LogP contribution < -0.4 is 20.9 Å². The zero-order valence-corrected chi connectivity index (χ0v) is 17.1. The number of H-pyrrole nitrogens is 2. The number of nitrogens with one attached hydrogen (secondary N) is 3. The number of piperazine rings is 1. The maximum absolute atomic E-state index is 12.6. The average molecular weight is 430 g/mol. The van der Waals surface area contributed by atoms with Crippen LogP contribution in [0.3, 0.4) is 0 Å². The van der Waals surface area contributed by atoms with E-state index in [0.29, 0.717) is 12.1 Å². The lowest BCUT2D eigenvalue weighted by Crippen LogP contribution is -2.48. The molecule has 0 bridgehead atoms. The van der Waals surface area contributed by atoms with Crippen molar-refractivity contribution in [3.05, 3.63) is 69.4 Å². The summed E-state index contributed by atoms with van der Waals surface area (Å²) in [6.07, 6.45) is 0. The predicted octanol–water partition coefficient (Wildman–Crippen LogP) is 0.317. The second-order valence-electron chi connectivity index (χ2n) is 7.18. The Morgan fingerprint density at radius 2 is 1.67 bits per heavy atom. The molecule has 0 amide bonds. The molecule has 2 aromatic carbocycles. The fraction of sp³-hybridized carbons (Fsp3) is 0.300. The molecule has 1 aliphatic heterocycles. The minimum Gasteiger partial charge on any atom is -0.369 e. The van der Waals surface area contributed by atoms with Crippen LogP contribution in [0.1, 0.15) is 0 Å². The normalized spacial score (nSPS) is 15.5. The summed E-state index contributed by atoms with van der Waals surface area (Å²) < 4.78 is 27.8. The van der Waals surface area contributed by atoms with Crippen LogP contribution in [0.4, 0.5) is 5.69 Å². The number of fused-ring (bicyclic) bond motifs is 1. The lowest BCUT2D eigenvalue weighted by atomic mass is 10.2. The molecule has 1 aliphatic rings. The van der Waals surface area contributed by atoms with Crippen molar-refractivity contribution in [3.8, 4) is 0 Å². The van der Waals surface area contributed by atoms with E-state index in [-0.39, 0.29) is 16.8 Å². The second-order valence-corrected chi connectivity index (χ2v) is 8.94. The topological polar surface area (TPSA) is 118 Å². The Labute approximate surface area is 173 Å². The van der Waals surface area contributed by atoms with Crippen molar-refractivity contribution < 1.29 is 8.42 Å². The molecule has 10 heteroatoms. The van der Waals surface area contributed by atoms with Gasteiger partial charge in [0.25, 0.3) is 5.56 Å². The molecule has 9 nitrogen and oxygen atoms in total. The van der Waals surface area contributed by atoms with Gasteiger partial charge in [-0.2, -0.15) is 0 Å². The quantitative estimate of drug-likeness (QED) is 0.519. The molecule has 1 aromatic heterocycles. The molecular weight excluding hydrogens is 406 g/mol. The third-order valence-electron chi connectivity index (χ3n) is 5.23. The maximum Gasteiger partial charge on any atom is 0.326 e. The van der Waals surface area contributed by atoms with Crippen LogP contribution in [0, 0.1) is 0 Å². The zero-order chi connectivity index (χ0) is 21.1. The first-order valence-corrected chi connectivity index (χ1v) is 11.2. The molecule has 1 fully saturated rings. The van der Waals surface area contributed by atoms with Crippen molar-refractivity contribution in [1.82, 2.24) is 19.6 Å². The molecule has 30 heavy (non-hydrogen) atoms. The summed E-state index contributed by atoms with van der Waals surface area (Å²) in [5, 5.41) is 0.120. The number of aromatic nitrogens is 2. The highest BCUT2D eigenvalue weighted by Crippen LogP contribution is 2.16. The third kappa shape index (κ3) is 4.45. The third-order valence-corrected chi connectivity index (χ3v) is 6.69. The molecule has 0 atom stereocenters. The largest absolute Gasteiger partial charge is 0.369 e. The fourth-order valence-electron chi connectivity index (χ4n) is 3.60. The number of nitrogens with zero attached hydrogens (tertiary/aromatic N) is 2. The number of sulfonamides is 1. The summed E-state index contributed by atoms with van der Waals surface area (Å²) >= 11 is 0. The van der Waals surface area contributed by atoms with Gasteiger partial charge in [0.2, 0.25) is 10.0 Å². The van der Waals surface area contributed by atoms with Crippen molar-refractivity contribution in [3.63, 3.8) is 0 Å². The van der Waals surface area contributed by atoms with Crippen molar-refractivity contribution in [2.24, 2.45) is 0 Å². The minimum absolute atomic E-state index is 0.0126. The molecule has 0 saturated carbocycles. The summed E-state index contributed by atoms with van der Waals surface area (Å²) in [5.74, 6) is 0. The van der Waals surface area contributed by atoms with Crippen LogP contribution >= 0.6 is 0 Å². The Kier molecular flexibility index (Phi) is 5.71. The number of para-hydroxylation sites is 1. The number of hydrogen-bond donors (Lipinski definition) is 3. The van der Waals surface area contributed by atoms with Gasteiger partial charge in [-0.3, -0.25) is 14.7 Å². The summed E-state index contributed by atoms with van der Waals surface area (Å²) in [4.78, 5) is 32.4. The molecule has 0 unspecified atom stereocenters. The van der Waals surface area contributed by atoms with Gasteiger partial charge in [0.05, 0.1) is 15.8 Å². The smallest absolute Gasteiger partial charge is 0.326 e. The first-order valence-electron chi connectivity index (χ1n) is 9.71. The molecule has 4 rings (SSSR count). The van der Waals surface area contributed by atoms with Gasteiger partial charge >= 0.3 is 5.69 Å². The van der Waals surface area contributed by atoms with E-state index in [4.69, 9.17) is 0 Å². The van der Waals surface area contributed by atoms with Gasteiger partial charge in [-0.05, 0) is 30.3 Å². The van der Waals surface area contributed by atoms with Crippen molar-refractivity contribution in [2.75, 3.05) is 44.2 Å². The van der Waals surface area contributed by atoms with Gasteiger partial charge in [0.1, 0.15) is 0 Å². The number of rotatable bonds is 6. The number of benzene rings is 2. The van der Waals surface area contributed by atoms with Gasteiger partial charge in [0, 0.05) is 45.0 Å². The van der Waals surface area contributed by atoms with Gasteiger partial charge in [-0.25, -0.2) is 17.9 Å². The van der Waals surface area contributed by atoms with E-state index in [0.717, 1.165) is 26.2 Å². The Morgan fingerprint density at radius 1 is 0.933 bits per heavy atom. The highest BCUT2D eigenvalue weighted by molar-refractivity contribution is 7.89.